The summed E-state index contributed by atoms with van der Waals surface area (Å²) in [5.41, 5.74) is 0. The van der Waals surface area contributed by atoms with Crippen molar-refractivity contribution in [3.05, 3.63) is 0 Å². The lowest BCUT2D eigenvalue weighted by molar-refractivity contribution is -0.141. The van der Waals surface area contributed by atoms with Gasteiger partial charge in [-0.25, -0.2) is 9.59 Å². The number of aliphatic hydroxyl groups is 1. The second-order valence-corrected chi connectivity index (χ2v) is 4.44. The summed E-state index contributed by atoms with van der Waals surface area (Å²) in [6, 6.07) is -1.94. The third-order valence-corrected chi connectivity index (χ3v) is 2.66. The summed E-state index contributed by atoms with van der Waals surface area (Å²) >= 11 is 1.57. The van der Waals surface area contributed by atoms with E-state index in [-0.39, 0.29) is 6.04 Å². The first-order chi connectivity index (χ1) is 7.38. The molecule has 1 unspecified atom stereocenters. The lowest BCUT2D eigenvalue weighted by Crippen LogP contribution is -2.52. The van der Waals surface area contributed by atoms with Crippen molar-refractivity contribution in [1.82, 2.24) is 10.6 Å². The molecule has 0 heterocycles. The van der Waals surface area contributed by atoms with Crippen molar-refractivity contribution in [2.24, 2.45) is 0 Å². The normalized spacial score (nSPS) is 16.0. The molecule has 0 aromatic heterocycles. The minimum absolute atomic E-state index is 0.0570. The Kier molecular flexibility index (Phi) is 6.91. The first-order valence-electron chi connectivity index (χ1n) is 4.85. The topological polar surface area (TPSA) is 98.7 Å². The Bertz CT molecular complexity index is 248. The van der Waals surface area contributed by atoms with Gasteiger partial charge in [-0.15, -0.1) is 0 Å². The van der Waals surface area contributed by atoms with Crippen LogP contribution in [0.2, 0.25) is 0 Å². The smallest absolute Gasteiger partial charge is 0.328 e. The lowest BCUT2D eigenvalue weighted by atomic mass is 10.2. The molecule has 7 heteroatoms. The van der Waals surface area contributed by atoms with Gasteiger partial charge in [0.2, 0.25) is 0 Å². The van der Waals surface area contributed by atoms with Crippen LogP contribution in [-0.4, -0.2) is 52.4 Å². The van der Waals surface area contributed by atoms with Crippen LogP contribution in [0.4, 0.5) is 4.79 Å². The molecule has 0 spiro atoms. The highest BCUT2D eigenvalue weighted by Gasteiger charge is 2.25. The SMILES string of the molecule is CSCC(C)NC(=O)N[C@H](C(=O)O)[C@@H](C)O. The van der Waals surface area contributed by atoms with E-state index >= 15 is 0 Å². The zero-order chi connectivity index (χ0) is 12.7. The molecule has 6 nitrogen and oxygen atoms in total. The maximum Gasteiger partial charge on any atom is 0.328 e. The molecule has 2 amide bonds. The predicted octanol–water partition coefficient (Wildman–Crippen LogP) is -0.129. The predicted molar refractivity (Wildman–Crippen MR) is 62.6 cm³/mol. The second-order valence-electron chi connectivity index (χ2n) is 3.53. The van der Waals surface area contributed by atoms with Crippen LogP contribution >= 0.6 is 11.8 Å². The van der Waals surface area contributed by atoms with Gasteiger partial charge in [-0.05, 0) is 20.1 Å². The average molecular weight is 250 g/mol. The summed E-state index contributed by atoms with van der Waals surface area (Å²) < 4.78 is 0. The molecule has 0 saturated heterocycles. The van der Waals surface area contributed by atoms with Crippen LogP contribution in [0.15, 0.2) is 0 Å². The maximum atomic E-state index is 11.3. The Balaban J connectivity index is 4.15. The van der Waals surface area contributed by atoms with Gasteiger partial charge in [-0.2, -0.15) is 11.8 Å². The van der Waals surface area contributed by atoms with Gasteiger partial charge in [-0.3, -0.25) is 0 Å². The number of rotatable bonds is 6. The fourth-order valence-electron chi connectivity index (χ4n) is 1.09. The highest BCUT2D eigenvalue weighted by Crippen LogP contribution is 1.97. The van der Waals surface area contributed by atoms with Gasteiger partial charge in [0.15, 0.2) is 6.04 Å². The number of hydrogen-bond donors (Lipinski definition) is 4. The van der Waals surface area contributed by atoms with E-state index in [9.17, 15) is 9.59 Å². The van der Waals surface area contributed by atoms with E-state index in [0.717, 1.165) is 5.75 Å². The minimum Gasteiger partial charge on any atom is -0.480 e. The zero-order valence-corrected chi connectivity index (χ0v) is 10.4. The molecule has 3 atom stereocenters. The third kappa shape index (κ3) is 5.82. The number of carboxylic acid groups (broad SMARTS) is 1. The van der Waals surface area contributed by atoms with Crippen molar-refractivity contribution in [3.63, 3.8) is 0 Å². The molecule has 0 saturated carbocycles. The minimum atomic E-state index is -1.29. The number of thioether (sulfide) groups is 1. The summed E-state index contributed by atoms with van der Waals surface area (Å²) in [5, 5.41) is 22.6. The molecule has 0 aromatic carbocycles. The zero-order valence-electron chi connectivity index (χ0n) is 9.56. The molecule has 0 bridgehead atoms. The maximum absolute atomic E-state index is 11.3. The summed E-state index contributed by atoms with van der Waals surface area (Å²) in [5.74, 6) is -0.525. The molecule has 4 N–H and O–H groups in total. The Morgan fingerprint density at radius 2 is 1.88 bits per heavy atom. The van der Waals surface area contributed by atoms with Gasteiger partial charge in [-0.1, -0.05) is 0 Å². The fourth-order valence-corrected chi connectivity index (χ4v) is 1.67. The number of aliphatic hydroxyl groups excluding tert-OH is 1. The van der Waals surface area contributed by atoms with Crippen molar-refractivity contribution in [2.75, 3.05) is 12.0 Å². The third-order valence-electron chi connectivity index (χ3n) is 1.83. The molecule has 0 radical (unpaired) electrons. The molecular weight excluding hydrogens is 232 g/mol. The fraction of sp³-hybridized carbons (Fsp3) is 0.778. The summed E-state index contributed by atoms with van der Waals surface area (Å²) in [7, 11) is 0. The van der Waals surface area contributed by atoms with Gasteiger partial charge in [0, 0.05) is 11.8 Å². The number of amides is 2. The van der Waals surface area contributed by atoms with Crippen molar-refractivity contribution in [2.45, 2.75) is 32.0 Å². The van der Waals surface area contributed by atoms with Crippen molar-refractivity contribution in [3.8, 4) is 0 Å². The van der Waals surface area contributed by atoms with E-state index in [1.165, 1.54) is 6.92 Å². The first-order valence-corrected chi connectivity index (χ1v) is 6.24. The molecule has 0 rings (SSSR count). The quantitative estimate of drug-likeness (QED) is 0.526. The number of carbonyl (C=O) groups is 2. The summed E-state index contributed by atoms with van der Waals surface area (Å²) in [6.07, 6.45) is 0.769. The Hall–Kier alpha value is -0.950. The van der Waals surface area contributed by atoms with Gasteiger partial charge in [0.05, 0.1) is 6.10 Å². The molecular formula is C9H18N2O4S. The molecule has 0 aliphatic carbocycles. The summed E-state index contributed by atoms with van der Waals surface area (Å²) in [4.78, 5) is 22.0. The van der Waals surface area contributed by atoms with Crippen LogP contribution in [0.1, 0.15) is 13.8 Å². The number of nitrogens with one attached hydrogen (secondary N) is 2. The van der Waals surface area contributed by atoms with Crippen LogP contribution < -0.4 is 10.6 Å². The van der Waals surface area contributed by atoms with Crippen LogP contribution in [0.5, 0.6) is 0 Å². The van der Waals surface area contributed by atoms with Crippen molar-refractivity contribution >= 4 is 23.8 Å². The molecule has 0 aromatic rings. The molecule has 16 heavy (non-hydrogen) atoms. The number of hydrogen-bond acceptors (Lipinski definition) is 4. The van der Waals surface area contributed by atoms with Crippen LogP contribution in [0, 0.1) is 0 Å². The molecule has 0 aliphatic rings. The van der Waals surface area contributed by atoms with Crippen molar-refractivity contribution < 1.29 is 19.8 Å². The van der Waals surface area contributed by atoms with E-state index in [1.807, 2.05) is 13.2 Å². The van der Waals surface area contributed by atoms with E-state index in [2.05, 4.69) is 10.6 Å². The standard InChI is InChI=1S/C9H18N2O4S/c1-5(4-16-3)10-9(15)11-7(6(2)12)8(13)14/h5-7,12H,4H2,1-3H3,(H,13,14)(H2,10,11,15)/t5?,6-,7+/m1/s1. The Labute approximate surface area is 98.8 Å². The summed E-state index contributed by atoms with van der Waals surface area (Å²) in [6.45, 7) is 3.12. The van der Waals surface area contributed by atoms with Gasteiger partial charge < -0.3 is 20.8 Å². The van der Waals surface area contributed by atoms with Crippen molar-refractivity contribution in [1.29, 1.82) is 0 Å². The van der Waals surface area contributed by atoms with Gasteiger partial charge in [0.1, 0.15) is 0 Å². The molecule has 0 fully saturated rings. The van der Waals surface area contributed by atoms with E-state index < -0.39 is 24.1 Å². The number of carboxylic acids is 1. The second kappa shape index (κ2) is 7.34. The van der Waals surface area contributed by atoms with E-state index in [1.54, 1.807) is 11.8 Å². The lowest BCUT2D eigenvalue weighted by Gasteiger charge is -2.19. The largest absolute Gasteiger partial charge is 0.480 e. The number of carbonyl (C=O) groups excluding carboxylic acids is 1. The highest BCUT2D eigenvalue weighted by molar-refractivity contribution is 7.98. The van der Waals surface area contributed by atoms with Gasteiger partial charge >= 0.3 is 12.0 Å². The monoisotopic (exact) mass is 250 g/mol. The van der Waals surface area contributed by atoms with E-state index in [4.69, 9.17) is 10.2 Å². The van der Waals surface area contributed by atoms with Gasteiger partial charge in [0.25, 0.3) is 0 Å². The number of urea groups is 1. The molecule has 94 valence electrons. The Morgan fingerprint density at radius 1 is 1.31 bits per heavy atom. The van der Waals surface area contributed by atoms with Crippen LogP contribution in [-0.2, 0) is 4.79 Å². The van der Waals surface area contributed by atoms with E-state index in [0.29, 0.717) is 0 Å². The first kappa shape index (κ1) is 15.0. The average Bonchev–Trinajstić information content (AvgIpc) is 2.13. The molecule has 0 aliphatic heterocycles. The highest BCUT2D eigenvalue weighted by atomic mass is 32.2. The Morgan fingerprint density at radius 3 is 2.25 bits per heavy atom. The van der Waals surface area contributed by atoms with Crippen LogP contribution in [0.25, 0.3) is 0 Å². The van der Waals surface area contributed by atoms with Crippen LogP contribution in [0.3, 0.4) is 0 Å². The number of aliphatic carboxylic acids is 1.